The Morgan fingerprint density at radius 1 is 1.33 bits per heavy atom. The van der Waals surface area contributed by atoms with Crippen molar-refractivity contribution in [2.24, 2.45) is 5.41 Å². The highest BCUT2D eigenvalue weighted by atomic mass is 16.3. The minimum Gasteiger partial charge on any atom is -0.396 e. The maximum Gasteiger partial charge on any atom is 0.0499 e. The van der Waals surface area contributed by atoms with Gasteiger partial charge in [-0.25, -0.2) is 0 Å². The van der Waals surface area contributed by atoms with Crippen LogP contribution in [0, 0.1) is 12.3 Å². The van der Waals surface area contributed by atoms with Crippen molar-refractivity contribution < 1.29 is 5.11 Å². The summed E-state index contributed by atoms with van der Waals surface area (Å²) >= 11 is 0. The third kappa shape index (κ3) is 3.30. The average Bonchev–Trinajstić information content (AvgIpc) is 2.42. The van der Waals surface area contributed by atoms with Crippen LogP contribution in [0.2, 0.25) is 0 Å². The molecule has 0 saturated heterocycles. The SMILES string of the molecule is Cc1ccncc1CNCC1(CO)CCCCC1. The van der Waals surface area contributed by atoms with Gasteiger partial charge in [0.2, 0.25) is 0 Å². The molecule has 2 N–H and O–H groups in total. The van der Waals surface area contributed by atoms with E-state index < -0.39 is 0 Å². The van der Waals surface area contributed by atoms with Crippen LogP contribution in [0.4, 0.5) is 0 Å². The first kappa shape index (κ1) is 13.5. The van der Waals surface area contributed by atoms with Gasteiger partial charge in [0.05, 0.1) is 0 Å². The molecule has 1 aromatic rings. The van der Waals surface area contributed by atoms with Gasteiger partial charge in [0.1, 0.15) is 0 Å². The summed E-state index contributed by atoms with van der Waals surface area (Å²) in [6, 6.07) is 2.04. The first-order valence-electron chi connectivity index (χ1n) is 6.97. The molecule has 1 aromatic heterocycles. The quantitative estimate of drug-likeness (QED) is 0.841. The standard InChI is InChI=1S/C15H24N2O/c1-13-5-8-16-9-14(13)10-17-11-15(12-18)6-3-2-4-7-15/h5,8-9,17-18H,2-4,6-7,10-12H2,1H3. The van der Waals surface area contributed by atoms with Crippen molar-refractivity contribution >= 4 is 0 Å². The fraction of sp³-hybridized carbons (Fsp3) is 0.667. The molecule has 0 aliphatic heterocycles. The Kier molecular flexibility index (Phi) is 4.72. The van der Waals surface area contributed by atoms with Gasteiger partial charge in [-0.15, -0.1) is 0 Å². The van der Waals surface area contributed by atoms with E-state index in [1.54, 1.807) is 0 Å². The van der Waals surface area contributed by atoms with Crippen LogP contribution in [0.15, 0.2) is 18.5 Å². The molecule has 1 heterocycles. The highest BCUT2D eigenvalue weighted by Crippen LogP contribution is 2.35. The molecule has 0 radical (unpaired) electrons. The first-order valence-corrected chi connectivity index (χ1v) is 6.97. The second kappa shape index (κ2) is 6.30. The lowest BCUT2D eigenvalue weighted by molar-refractivity contribution is 0.0810. The Balaban J connectivity index is 1.85. The van der Waals surface area contributed by atoms with Gasteiger partial charge in [0.25, 0.3) is 0 Å². The number of aromatic nitrogens is 1. The molecule has 0 aromatic carbocycles. The van der Waals surface area contributed by atoms with E-state index in [1.165, 1.54) is 30.4 Å². The summed E-state index contributed by atoms with van der Waals surface area (Å²) in [4.78, 5) is 4.16. The smallest absolute Gasteiger partial charge is 0.0499 e. The van der Waals surface area contributed by atoms with Crippen molar-refractivity contribution in [3.05, 3.63) is 29.6 Å². The Morgan fingerprint density at radius 2 is 2.11 bits per heavy atom. The number of aliphatic hydroxyl groups is 1. The van der Waals surface area contributed by atoms with Crippen molar-refractivity contribution in [1.82, 2.24) is 10.3 Å². The highest BCUT2D eigenvalue weighted by Gasteiger charge is 2.30. The fourth-order valence-electron chi connectivity index (χ4n) is 2.84. The normalized spacial score (nSPS) is 18.8. The number of aryl methyl sites for hydroxylation is 1. The number of pyridine rings is 1. The molecule has 3 heteroatoms. The largest absolute Gasteiger partial charge is 0.396 e. The second-order valence-electron chi connectivity index (χ2n) is 5.62. The Bertz CT molecular complexity index is 373. The molecule has 2 rings (SSSR count). The Hall–Kier alpha value is -0.930. The summed E-state index contributed by atoms with van der Waals surface area (Å²) < 4.78 is 0. The van der Waals surface area contributed by atoms with Crippen LogP contribution in [-0.2, 0) is 6.54 Å². The molecule has 0 amide bonds. The minimum atomic E-state index is 0.119. The molecule has 1 aliphatic rings. The van der Waals surface area contributed by atoms with Crippen molar-refractivity contribution in [3.63, 3.8) is 0 Å². The van der Waals surface area contributed by atoms with E-state index in [9.17, 15) is 5.11 Å². The van der Waals surface area contributed by atoms with E-state index in [0.717, 1.165) is 25.9 Å². The Labute approximate surface area is 110 Å². The molecule has 0 spiro atoms. The second-order valence-corrected chi connectivity index (χ2v) is 5.62. The van der Waals surface area contributed by atoms with E-state index in [-0.39, 0.29) is 5.41 Å². The lowest BCUT2D eigenvalue weighted by atomic mass is 9.74. The third-order valence-electron chi connectivity index (χ3n) is 4.21. The number of hydrogen-bond acceptors (Lipinski definition) is 3. The summed E-state index contributed by atoms with van der Waals surface area (Å²) in [6.45, 7) is 4.19. The summed E-state index contributed by atoms with van der Waals surface area (Å²) in [7, 11) is 0. The fourth-order valence-corrected chi connectivity index (χ4v) is 2.84. The summed E-state index contributed by atoms with van der Waals surface area (Å²) in [5.74, 6) is 0. The van der Waals surface area contributed by atoms with E-state index in [4.69, 9.17) is 0 Å². The molecule has 1 aliphatic carbocycles. The van der Waals surface area contributed by atoms with Gasteiger partial charge < -0.3 is 10.4 Å². The number of rotatable bonds is 5. The molecular formula is C15H24N2O. The minimum absolute atomic E-state index is 0.119. The van der Waals surface area contributed by atoms with E-state index in [0.29, 0.717) is 6.61 Å². The number of nitrogens with one attached hydrogen (secondary N) is 1. The van der Waals surface area contributed by atoms with Crippen molar-refractivity contribution in [2.45, 2.75) is 45.6 Å². The number of nitrogens with zero attached hydrogens (tertiary/aromatic N) is 1. The highest BCUT2D eigenvalue weighted by molar-refractivity contribution is 5.21. The van der Waals surface area contributed by atoms with Gasteiger partial charge >= 0.3 is 0 Å². The van der Waals surface area contributed by atoms with E-state index >= 15 is 0 Å². The van der Waals surface area contributed by atoms with Gasteiger partial charge in [-0.2, -0.15) is 0 Å². The summed E-state index contributed by atoms with van der Waals surface area (Å²) in [6.07, 6.45) is 9.90. The van der Waals surface area contributed by atoms with Gasteiger partial charge in [0.15, 0.2) is 0 Å². The van der Waals surface area contributed by atoms with Crippen LogP contribution >= 0.6 is 0 Å². The molecule has 3 nitrogen and oxygen atoms in total. The van der Waals surface area contributed by atoms with Crippen molar-refractivity contribution in [1.29, 1.82) is 0 Å². The van der Waals surface area contributed by atoms with E-state index in [2.05, 4.69) is 17.2 Å². The molecule has 18 heavy (non-hydrogen) atoms. The lowest BCUT2D eigenvalue weighted by Crippen LogP contribution is -2.38. The molecule has 100 valence electrons. The van der Waals surface area contributed by atoms with Crippen LogP contribution < -0.4 is 5.32 Å². The van der Waals surface area contributed by atoms with Crippen LogP contribution in [0.3, 0.4) is 0 Å². The van der Waals surface area contributed by atoms with Gasteiger partial charge in [0, 0.05) is 37.5 Å². The first-order chi connectivity index (χ1) is 8.76. The summed E-state index contributed by atoms with van der Waals surface area (Å²) in [5, 5.41) is 13.1. The molecule has 0 unspecified atom stereocenters. The van der Waals surface area contributed by atoms with Crippen molar-refractivity contribution in [2.75, 3.05) is 13.2 Å². The van der Waals surface area contributed by atoms with Crippen LogP contribution in [-0.4, -0.2) is 23.2 Å². The van der Waals surface area contributed by atoms with Gasteiger partial charge in [-0.1, -0.05) is 19.3 Å². The monoisotopic (exact) mass is 248 g/mol. The zero-order chi connectivity index (χ0) is 12.8. The lowest BCUT2D eigenvalue weighted by Gasteiger charge is -2.35. The van der Waals surface area contributed by atoms with Crippen LogP contribution in [0.25, 0.3) is 0 Å². The average molecular weight is 248 g/mol. The predicted octanol–water partition coefficient (Wildman–Crippen LogP) is 2.42. The predicted molar refractivity (Wildman–Crippen MR) is 73.3 cm³/mol. The molecule has 0 atom stereocenters. The van der Waals surface area contributed by atoms with Gasteiger partial charge in [-0.3, -0.25) is 4.98 Å². The number of hydrogen-bond donors (Lipinski definition) is 2. The van der Waals surface area contributed by atoms with E-state index in [1.807, 2.05) is 18.5 Å². The summed E-state index contributed by atoms with van der Waals surface area (Å²) in [5.41, 5.74) is 2.65. The maximum absolute atomic E-state index is 9.64. The van der Waals surface area contributed by atoms with Crippen LogP contribution in [0.1, 0.15) is 43.2 Å². The molecule has 1 saturated carbocycles. The maximum atomic E-state index is 9.64. The zero-order valence-corrected chi connectivity index (χ0v) is 11.3. The van der Waals surface area contributed by atoms with Crippen molar-refractivity contribution in [3.8, 4) is 0 Å². The molecule has 0 bridgehead atoms. The Morgan fingerprint density at radius 3 is 2.78 bits per heavy atom. The third-order valence-corrected chi connectivity index (χ3v) is 4.21. The van der Waals surface area contributed by atoms with Crippen LogP contribution in [0.5, 0.6) is 0 Å². The number of aliphatic hydroxyl groups excluding tert-OH is 1. The molecule has 1 fully saturated rings. The molecular weight excluding hydrogens is 224 g/mol. The van der Waals surface area contributed by atoms with Gasteiger partial charge in [-0.05, 0) is 37.0 Å². The topological polar surface area (TPSA) is 45.2 Å². The zero-order valence-electron chi connectivity index (χ0n) is 11.3.